The summed E-state index contributed by atoms with van der Waals surface area (Å²) in [5.74, 6) is 0. The molecule has 5 aromatic carbocycles. The van der Waals surface area contributed by atoms with Crippen molar-refractivity contribution in [3.05, 3.63) is 128 Å². The molecule has 3 heteroatoms. The largest absolute Gasteiger partial charge is 0.314 e. The van der Waals surface area contributed by atoms with E-state index in [4.69, 9.17) is 0 Å². The second-order valence-corrected chi connectivity index (χ2v) is 9.90. The lowest BCUT2D eigenvalue weighted by Gasteiger charge is -2.12. The standard InChI is InChI=1S/C34H21N3/c1-2-10-24(11-3-1)37-29-15-5-4-12-25(29)28-20-31-32(21-30(28)37)36-19-17-23-9-7-14-27(34(23)36)26-13-6-8-22-16-18-35(31)33(22)26/h1-21H. The van der Waals surface area contributed by atoms with Crippen LogP contribution in [0, 0.1) is 0 Å². The Morgan fingerprint density at radius 1 is 0.378 bits per heavy atom. The zero-order valence-corrected chi connectivity index (χ0v) is 20.0. The van der Waals surface area contributed by atoms with Gasteiger partial charge in [-0.1, -0.05) is 72.8 Å². The third-order valence-corrected chi connectivity index (χ3v) is 8.02. The molecule has 4 aromatic heterocycles. The molecule has 4 heterocycles. The SMILES string of the molecule is c1ccc(-n2c3ccccc3c3cc4c(cc32)n2ccc3cccc(c5cccc6ccn4c65)c32)cc1. The Balaban J connectivity index is 1.63. The van der Waals surface area contributed by atoms with Gasteiger partial charge >= 0.3 is 0 Å². The van der Waals surface area contributed by atoms with E-state index in [1.54, 1.807) is 0 Å². The fourth-order valence-electron chi connectivity index (χ4n) is 6.46. The van der Waals surface area contributed by atoms with E-state index in [9.17, 15) is 0 Å². The predicted molar refractivity (Wildman–Crippen MR) is 155 cm³/mol. The third-order valence-electron chi connectivity index (χ3n) is 8.02. The molecule has 0 saturated carbocycles. The van der Waals surface area contributed by atoms with Crippen molar-refractivity contribution in [3.63, 3.8) is 0 Å². The number of hydrogen-bond donors (Lipinski definition) is 0. The normalized spacial score (nSPS) is 12.3. The molecule has 0 spiro atoms. The highest BCUT2D eigenvalue weighted by Crippen LogP contribution is 2.38. The van der Waals surface area contributed by atoms with E-state index in [0.29, 0.717) is 0 Å². The summed E-state index contributed by atoms with van der Waals surface area (Å²) in [4.78, 5) is 0. The second kappa shape index (κ2) is 6.80. The van der Waals surface area contributed by atoms with Gasteiger partial charge in [-0.2, -0.15) is 0 Å². The van der Waals surface area contributed by atoms with E-state index >= 15 is 0 Å². The van der Waals surface area contributed by atoms with Gasteiger partial charge in [0.1, 0.15) is 0 Å². The van der Waals surface area contributed by atoms with Crippen LogP contribution in [0.15, 0.2) is 128 Å². The first-order chi connectivity index (χ1) is 18.4. The van der Waals surface area contributed by atoms with Crippen molar-refractivity contribution in [1.82, 2.24) is 13.4 Å². The maximum atomic E-state index is 2.40. The Morgan fingerprint density at radius 3 is 1.68 bits per heavy atom. The van der Waals surface area contributed by atoms with Gasteiger partial charge in [0.25, 0.3) is 0 Å². The van der Waals surface area contributed by atoms with Crippen molar-refractivity contribution in [2.75, 3.05) is 0 Å². The molecule has 9 rings (SSSR count). The van der Waals surface area contributed by atoms with Crippen molar-refractivity contribution < 1.29 is 0 Å². The lowest BCUT2D eigenvalue weighted by molar-refractivity contribution is 1.18. The van der Waals surface area contributed by atoms with Crippen LogP contribution in [-0.2, 0) is 0 Å². The maximum absolute atomic E-state index is 2.40. The van der Waals surface area contributed by atoms with Gasteiger partial charge in [0.05, 0.1) is 33.1 Å². The van der Waals surface area contributed by atoms with Crippen LogP contribution in [0.1, 0.15) is 0 Å². The van der Waals surface area contributed by atoms with E-state index in [1.165, 1.54) is 71.1 Å². The molecule has 0 atom stereocenters. The summed E-state index contributed by atoms with van der Waals surface area (Å²) < 4.78 is 7.17. The van der Waals surface area contributed by atoms with Crippen LogP contribution in [-0.4, -0.2) is 13.4 Å². The molecule has 0 aliphatic heterocycles. The highest BCUT2D eigenvalue weighted by molar-refractivity contribution is 6.17. The van der Waals surface area contributed by atoms with E-state index in [0.717, 1.165) is 0 Å². The number of hydrogen-bond acceptors (Lipinski definition) is 0. The Labute approximate surface area is 212 Å². The van der Waals surface area contributed by atoms with E-state index in [-0.39, 0.29) is 0 Å². The summed E-state index contributed by atoms with van der Waals surface area (Å²) in [6.45, 7) is 0. The van der Waals surface area contributed by atoms with Crippen LogP contribution in [0.3, 0.4) is 0 Å². The molecule has 37 heavy (non-hydrogen) atoms. The molecule has 0 aliphatic carbocycles. The molecule has 0 fully saturated rings. The van der Waals surface area contributed by atoms with Crippen LogP contribution in [0.2, 0.25) is 0 Å². The number of rotatable bonds is 1. The number of aromatic nitrogens is 3. The topological polar surface area (TPSA) is 13.8 Å². The fraction of sp³-hybridized carbons (Fsp3) is 0. The van der Waals surface area contributed by atoms with Gasteiger partial charge in [-0.05, 0) is 42.5 Å². The van der Waals surface area contributed by atoms with Crippen molar-refractivity contribution in [2.24, 2.45) is 0 Å². The molecule has 0 radical (unpaired) electrons. The van der Waals surface area contributed by atoms with Crippen LogP contribution < -0.4 is 0 Å². The molecule has 3 nitrogen and oxygen atoms in total. The zero-order chi connectivity index (χ0) is 24.1. The summed E-state index contributed by atoms with van der Waals surface area (Å²) in [6, 6.07) is 42.0. The average Bonchev–Trinajstić information content (AvgIpc) is 3.65. The molecule has 0 amide bonds. The molecule has 172 valence electrons. The quantitative estimate of drug-likeness (QED) is 0.227. The van der Waals surface area contributed by atoms with Crippen molar-refractivity contribution in [2.45, 2.75) is 0 Å². The molecule has 0 saturated heterocycles. The minimum absolute atomic E-state index is 1.17. The van der Waals surface area contributed by atoms with E-state index in [1.807, 2.05) is 0 Å². The van der Waals surface area contributed by atoms with Crippen LogP contribution >= 0.6 is 0 Å². The Bertz CT molecular complexity index is 2350. The number of fused-ring (bicyclic) bond motifs is 7. The summed E-state index contributed by atoms with van der Waals surface area (Å²) in [5.41, 5.74) is 8.49. The molecule has 0 unspecified atom stereocenters. The van der Waals surface area contributed by atoms with Crippen molar-refractivity contribution >= 4 is 65.4 Å². The lowest BCUT2D eigenvalue weighted by Crippen LogP contribution is -1.96. The number of nitrogens with zero attached hydrogens (tertiary/aromatic N) is 3. The summed E-state index contributed by atoms with van der Waals surface area (Å²) in [6.07, 6.45) is 4.45. The molecular weight excluding hydrogens is 450 g/mol. The van der Waals surface area contributed by atoms with Gasteiger partial charge in [0.15, 0.2) is 0 Å². The van der Waals surface area contributed by atoms with Gasteiger partial charge < -0.3 is 13.4 Å². The molecule has 0 bridgehead atoms. The minimum atomic E-state index is 1.17. The Kier molecular flexibility index (Phi) is 3.53. The monoisotopic (exact) mass is 471 g/mol. The summed E-state index contributed by atoms with van der Waals surface area (Å²) in [7, 11) is 0. The first kappa shape index (κ1) is 19.2. The van der Waals surface area contributed by atoms with Crippen LogP contribution in [0.5, 0.6) is 0 Å². The second-order valence-electron chi connectivity index (χ2n) is 9.90. The maximum Gasteiger partial charge on any atom is 0.0718 e. The van der Waals surface area contributed by atoms with Crippen LogP contribution in [0.25, 0.3) is 71.1 Å². The molecule has 0 aliphatic rings. The Morgan fingerprint density at radius 2 is 0.973 bits per heavy atom. The number of benzene rings is 5. The van der Waals surface area contributed by atoms with E-state index < -0.39 is 0 Å². The summed E-state index contributed by atoms with van der Waals surface area (Å²) in [5, 5.41) is 7.57. The average molecular weight is 472 g/mol. The molecule has 0 N–H and O–H groups in total. The minimum Gasteiger partial charge on any atom is -0.314 e. The third kappa shape index (κ3) is 2.41. The lowest BCUT2D eigenvalue weighted by atomic mass is 10.1. The highest BCUT2D eigenvalue weighted by Gasteiger charge is 2.17. The smallest absolute Gasteiger partial charge is 0.0718 e. The highest BCUT2D eigenvalue weighted by atomic mass is 15.0. The van der Waals surface area contributed by atoms with Gasteiger partial charge in [-0.3, -0.25) is 0 Å². The first-order valence-electron chi connectivity index (χ1n) is 12.7. The predicted octanol–water partition coefficient (Wildman–Crippen LogP) is 8.75. The van der Waals surface area contributed by atoms with Gasteiger partial charge in [0, 0.05) is 50.4 Å². The van der Waals surface area contributed by atoms with Crippen molar-refractivity contribution in [3.8, 4) is 5.69 Å². The molecular formula is C34H21N3. The first-order valence-corrected chi connectivity index (χ1v) is 12.7. The van der Waals surface area contributed by atoms with Gasteiger partial charge in [0.2, 0.25) is 0 Å². The summed E-state index contributed by atoms with van der Waals surface area (Å²) >= 11 is 0. The zero-order valence-electron chi connectivity index (χ0n) is 20.0. The van der Waals surface area contributed by atoms with Gasteiger partial charge in [-0.25, -0.2) is 0 Å². The van der Waals surface area contributed by atoms with E-state index in [2.05, 4.69) is 141 Å². The van der Waals surface area contributed by atoms with Crippen molar-refractivity contribution in [1.29, 1.82) is 0 Å². The number of para-hydroxylation sites is 4. The van der Waals surface area contributed by atoms with Gasteiger partial charge in [-0.15, -0.1) is 0 Å². The Hall–Kier alpha value is -5.02. The fourth-order valence-corrected chi connectivity index (χ4v) is 6.46. The molecule has 9 aromatic rings. The van der Waals surface area contributed by atoms with Crippen LogP contribution in [0.4, 0.5) is 0 Å².